The van der Waals surface area contributed by atoms with E-state index in [0.717, 1.165) is 12.8 Å². The van der Waals surface area contributed by atoms with Crippen LogP contribution in [0, 0.1) is 16.0 Å². The Balaban J connectivity index is 2.11. The number of aryl methyl sites for hydroxylation is 1. The smallest absolute Gasteiger partial charge is 0.274 e. The van der Waals surface area contributed by atoms with Gasteiger partial charge in [-0.05, 0) is 31.7 Å². The average molecular weight is 277 g/mol. The molecule has 6 heteroatoms. The van der Waals surface area contributed by atoms with Crippen molar-refractivity contribution in [3.63, 3.8) is 0 Å². The fourth-order valence-corrected chi connectivity index (χ4v) is 2.61. The molecule has 0 spiro atoms. The molecule has 1 amide bonds. The van der Waals surface area contributed by atoms with Crippen LogP contribution in [-0.2, 0) is 11.2 Å². The lowest BCUT2D eigenvalue weighted by Crippen LogP contribution is -2.23. The molecule has 0 saturated heterocycles. The minimum absolute atomic E-state index is 0.0495. The Morgan fingerprint density at radius 3 is 2.80 bits per heavy atom. The molecule has 1 aromatic rings. The Bertz CT molecular complexity index is 530. The fourth-order valence-electron chi connectivity index (χ4n) is 2.61. The topological polar surface area (TPSA) is 98.3 Å². The van der Waals surface area contributed by atoms with Crippen molar-refractivity contribution in [3.05, 3.63) is 33.9 Å². The summed E-state index contributed by atoms with van der Waals surface area (Å²) >= 11 is 0. The number of nitro benzene ring substituents is 1. The number of rotatable bonds is 4. The van der Waals surface area contributed by atoms with Gasteiger partial charge in [-0.15, -0.1) is 0 Å². The molecule has 3 N–H and O–H groups in total. The molecule has 0 radical (unpaired) electrons. The predicted molar refractivity (Wildman–Crippen MR) is 76.4 cm³/mol. The lowest BCUT2D eigenvalue weighted by Gasteiger charge is -2.11. The highest BCUT2D eigenvalue weighted by Gasteiger charge is 2.28. The van der Waals surface area contributed by atoms with Crippen LogP contribution in [0.3, 0.4) is 0 Å². The maximum atomic E-state index is 12.1. The number of nitrogens with two attached hydrogens (primary N) is 1. The van der Waals surface area contributed by atoms with Gasteiger partial charge in [-0.1, -0.05) is 13.0 Å². The van der Waals surface area contributed by atoms with Gasteiger partial charge in [0.05, 0.1) is 4.92 Å². The molecule has 108 valence electrons. The number of carbonyl (C=O) groups excluding carboxylic acids is 1. The Hall–Kier alpha value is -1.95. The Morgan fingerprint density at radius 1 is 1.50 bits per heavy atom. The first-order valence-corrected chi connectivity index (χ1v) is 6.85. The number of hydrogen-bond acceptors (Lipinski definition) is 4. The number of benzene rings is 1. The van der Waals surface area contributed by atoms with Gasteiger partial charge in [0.25, 0.3) is 5.69 Å². The third-order valence-electron chi connectivity index (χ3n) is 3.77. The molecule has 1 fully saturated rings. The number of carbonyl (C=O) groups is 1. The fraction of sp³-hybridized carbons (Fsp3) is 0.500. The summed E-state index contributed by atoms with van der Waals surface area (Å²) < 4.78 is 0. The van der Waals surface area contributed by atoms with Gasteiger partial charge in [0.1, 0.15) is 0 Å². The molecule has 2 unspecified atom stereocenters. The minimum atomic E-state index is -0.417. The van der Waals surface area contributed by atoms with Crippen molar-refractivity contribution in [2.24, 2.45) is 11.7 Å². The van der Waals surface area contributed by atoms with Crippen LogP contribution < -0.4 is 11.1 Å². The molecule has 20 heavy (non-hydrogen) atoms. The van der Waals surface area contributed by atoms with E-state index in [4.69, 9.17) is 5.73 Å². The first-order chi connectivity index (χ1) is 9.51. The van der Waals surface area contributed by atoms with Gasteiger partial charge in [0.15, 0.2) is 0 Å². The second-order valence-electron chi connectivity index (χ2n) is 5.21. The minimum Gasteiger partial charge on any atom is -0.328 e. The van der Waals surface area contributed by atoms with E-state index in [0.29, 0.717) is 24.1 Å². The number of nitro groups is 1. The average Bonchev–Trinajstić information content (AvgIpc) is 2.85. The van der Waals surface area contributed by atoms with Crippen LogP contribution in [0.2, 0.25) is 0 Å². The van der Waals surface area contributed by atoms with Gasteiger partial charge in [-0.3, -0.25) is 14.9 Å². The van der Waals surface area contributed by atoms with Crippen molar-refractivity contribution < 1.29 is 9.72 Å². The number of nitrogens with zero attached hydrogens (tertiary/aromatic N) is 1. The number of nitrogens with one attached hydrogen (secondary N) is 1. The van der Waals surface area contributed by atoms with Crippen LogP contribution in [0.5, 0.6) is 0 Å². The van der Waals surface area contributed by atoms with Crippen molar-refractivity contribution in [2.45, 2.75) is 38.6 Å². The highest BCUT2D eigenvalue weighted by atomic mass is 16.6. The first kappa shape index (κ1) is 14.5. The number of hydrogen-bond donors (Lipinski definition) is 2. The molecule has 1 aromatic carbocycles. The van der Waals surface area contributed by atoms with Gasteiger partial charge in [-0.25, -0.2) is 0 Å². The van der Waals surface area contributed by atoms with Crippen molar-refractivity contribution in [1.82, 2.24) is 0 Å². The van der Waals surface area contributed by atoms with E-state index in [1.165, 1.54) is 6.07 Å². The molecule has 1 saturated carbocycles. The Kier molecular flexibility index (Phi) is 4.34. The highest BCUT2D eigenvalue weighted by Crippen LogP contribution is 2.27. The largest absolute Gasteiger partial charge is 0.328 e. The molecule has 0 heterocycles. The van der Waals surface area contributed by atoms with Crippen molar-refractivity contribution in [3.8, 4) is 0 Å². The lowest BCUT2D eigenvalue weighted by molar-refractivity contribution is -0.385. The van der Waals surface area contributed by atoms with Gasteiger partial charge in [-0.2, -0.15) is 0 Å². The molecule has 0 aromatic heterocycles. The molecule has 0 aliphatic heterocycles. The standard InChI is InChI=1S/C14H19N3O3/c1-2-9-4-6-12(8-13(9)17(19)20)16-14(18)10-3-5-11(15)7-10/h4,6,8,10-11H,2-3,5,7,15H2,1H3,(H,16,18). The van der Waals surface area contributed by atoms with Crippen LogP contribution in [-0.4, -0.2) is 16.9 Å². The van der Waals surface area contributed by atoms with Crippen LogP contribution in [0.15, 0.2) is 18.2 Å². The van der Waals surface area contributed by atoms with E-state index < -0.39 is 4.92 Å². The zero-order chi connectivity index (χ0) is 14.7. The zero-order valence-electron chi connectivity index (χ0n) is 11.5. The quantitative estimate of drug-likeness (QED) is 0.651. The third-order valence-corrected chi connectivity index (χ3v) is 3.77. The van der Waals surface area contributed by atoms with Crippen LogP contribution in [0.1, 0.15) is 31.7 Å². The Morgan fingerprint density at radius 2 is 2.25 bits per heavy atom. The van der Waals surface area contributed by atoms with Crippen molar-refractivity contribution in [1.29, 1.82) is 0 Å². The van der Waals surface area contributed by atoms with Crippen LogP contribution in [0.25, 0.3) is 0 Å². The molecule has 2 rings (SSSR count). The summed E-state index contributed by atoms with van der Waals surface area (Å²) in [5, 5.41) is 13.7. The maximum absolute atomic E-state index is 12.1. The summed E-state index contributed by atoms with van der Waals surface area (Å²) in [6.45, 7) is 1.86. The van der Waals surface area contributed by atoms with Crippen LogP contribution >= 0.6 is 0 Å². The second-order valence-corrected chi connectivity index (χ2v) is 5.21. The number of anilines is 1. The van der Waals surface area contributed by atoms with E-state index in [-0.39, 0.29) is 23.6 Å². The third kappa shape index (κ3) is 3.14. The van der Waals surface area contributed by atoms with Gasteiger partial charge in [0, 0.05) is 29.3 Å². The van der Waals surface area contributed by atoms with E-state index in [1.807, 2.05) is 6.92 Å². The van der Waals surface area contributed by atoms with Crippen LogP contribution in [0.4, 0.5) is 11.4 Å². The van der Waals surface area contributed by atoms with Gasteiger partial charge >= 0.3 is 0 Å². The summed E-state index contributed by atoms with van der Waals surface area (Å²) in [4.78, 5) is 22.6. The van der Waals surface area contributed by atoms with Crippen molar-refractivity contribution >= 4 is 17.3 Å². The maximum Gasteiger partial charge on any atom is 0.274 e. The van der Waals surface area contributed by atoms with Gasteiger partial charge in [0.2, 0.25) is 5.91 Å². The monoisotopic (exact) mass is 277 g/mol. The zero-order valence-corrected chi connectivity index (χ0v) is 11.5. The summed E-state index contributed by atoms with van der Waals surface area (Å²) in [6, 6.07) is 4.90. The van der Waals surface area contributed by atoms with E-state index in [2.05, 4.69) is 5.32 Å². The second kappa shape index (κ2) is 6.00. The summed E-state index contributed by atoms with van der Waals surface area (Å²) in [6.07, 6.45) is 2.90. The SMILES string of the molecule is CCc1ccc(NC(=O)C2CCC(N)C2)cc1[N+](=O)[O-]. The summed E-state index contributed by atoms with van der Waals surface area (Å²) in [5.74, 6) is -0.189. The lowest BCUT2D eigenvalue weighted by atomic mass is 10.1. The molecular formula is C14H19N3O3. The normalized spacial score (nSPS) is 21.7. The van der Waals surface area contributed by atoms with Gasteiger partial charge < -0.3 is 11.1 Å². The highest BCUT2D eigenvalue weighted by molar-refractivity contribution is 5.93. The summed E-state index contributed by atoms with van der Waals surface area (Å²) in [7, 11) is 0. The van der Waals surface area contributed by atoms with E-state index in [9.17, 15) is 14.9 Å². The molecule has 0 bridgehead atoms. The predicted octanol–water partition coefficient (Wildman–Crippen LogP) is 2.22. The molecule has 1 aliphatic carbocycles. The Labute approximate surface area is 117 Å². The summed E-state index contributed by atoms with van der Waals surface area (Å²) in [5.41, 5.74) is 6.97. The molecule has 6 nitrogen and oxygen atoms in total. The molecular weight excluding hydrogens is 258 g/mol. The van der Waals surface area contributed by atoms with E-state index >= 15 is 0 Å². The molecule has 2 atom stereocenters. The van der Waals surface area contributed by atoms with Crippen molar-refractivity contribution in [2.75, 3.05) is 5.32 Å². The molecule has 1 aliphatic rings. The van der Waals surface area contributed by atoms with E-state index in [1.54, 1.807) is 12.1 Å². The number of amides is 1. The first-order valence-electron chi connectivity index (χ1n) is 6.85.